The van der Waals surface area contributed by atoms with E-state index >= 15 is 0 Å². The highest BCUT2D eigenvalue weighted by Crippen LogP contribution is 2.26. The van der Waals surface area contributed by atoms with Crippen molar-refractivity contribution < 1.29 is 4.39 Å². The van der Waals surface area contributed by atoms with Gasteiger partial charge in [0.25, 0.3) is 0 Å². The Morgan fingerprint density at radius 1 is 1.38 bits per heavy atom. The van der Waals surface area contributed by atoms with Crippen LogP contribution in [-0.2, 0) is 6.42 Å². The van der Waals surface area contributed by atoms with E-state index < -0.39 is 0 Å². The van der Waals surface area contributed by atoms with E-state index in [1.807, 2.05) is 6.07 Å². The maximum Gasteiger partial charge on any atom is 0.123 e. The molecule has 1 nitrogen and oxygen atoms in total. The van der Waals surface area contributed by atoms with Crippen molar-refractivity contribution in [1.82, 2.24) is 0 Å². The molecule has 0 spiro atoms. The highest BCUT2D eigenvalue weighted by atomic mass is 19.1. The molecule has 0 fully saturated rings. The normalized spacial score (nSPS) is 14.2. The van der Waals surface area contributed by atoms with Gasteiger partial charge >= 0.3 is 0 Å². The third-order valence-corrected chi connectivity index (χ3v) is 2.35. The predicted octanol–water partition coefficient (Wildman–Crippen LogP) is 2.11. The van der Waals surface area contributed by atoms with Gasteiger partial charge < -0.3 is 5.73 Å². The van der Waals surface area contributed by atoms with Crippen LogP contribution in [0.4, 0.5) is 4.39 Å². The highest BCUT2D eigenvalue weighted by Gasteiger charge is 2.11. The summed E-state index contributed by atoms with van der Waals surface area (Å²) in [5.74, 6) is -0.152. The van der Waals surface area contributed by atoms with Crippen molar-refractivity contribution in [3.63, 3.8) is 0 Å². The first-order chi connectivity index (χ1) is 6.29. The number of hydrogen-bond acceptors (Lipinski definition) is 1. The Labute approximate surface area is 77.1 Å². The average Bonchev–Trinajstić information content (AvgIpc) is 2.46. The molecule has 0 saturated heterocycles. The van der Waals surface area contributed by atoms with E-state index in [1.54, 1.807) is 6.07 Å². The summed E-state index contributed by atoms with van der Waals surface area (Å²) in [4.78, 5) is 0. The van der Waals surface area contributed by atoms with Crippen molar-refractivity contribution in [3.05, 3.63) is 40.7 Å². The Morgan fingerprint density at radius 3 is 3.00 bits per heavy atom. The summed E-state index contributed by atoms with van der Waals surface area (Å²) in [5, 5.41) is 0. The summed E-state index contributed by atoms with van der Waals surface area (Å²) in [7, 11) is 0. The van der Waals surface area contributed by atoms with Crippen molar-refractivity contribution in [2.24, 2.45) is 5.73 Å². The molecule has 0 radical (unpaired) electrons. The van der Waals surface area contributed by atoms with Crippen LogP contribution < -0.4 is 5.73 Å². The maximum atomic E-state index is 12.8. The van der Waals surface area contributed by atoms with E-state index in [-0.39, 0.29) is 5.82 Å². The molecule has 0 aromatic heterocycles. The molecule has 0 bridgehead atoms. The van der Waals surface area contributed by atoms with Crippen LogP contribution in [0.15, 0.2) is 23.8 Å². The molecule has 0 atom stereocenters. The van der Waals surface area contributed by atoms with E-state index in [0.29, 0.717) is 6.54 Å². The molecule has 13 heavy (non-hydrogen) atoms. The number of fused-ring (bicyclic) bond motifs is 1. The minimum Gasteiger partial charge on any atom is -0.330 e. The molecule has 1 aliphatic carbocycles. The number of rotatable bonds is 2. The molecule has 0 heterocycles. The van der Waals surface area contributed by atoms with Crippen LogP contribution in [0.2, 0.25) is 0 Å². The lowest BCUT2D eigenvalue weighted by atomic mass is 10.1. The summed E-state index contributed by atoms with van der Waals surface area (Å²) in [6.45, 7) is 0.669. The molecule has 2 rings (SSSR count). The first-order valence-electron chi connectivity index (χ1n) is 4.47. The van der Waals surface area contributed by atoms with E-state index in [9.17, 15) is 4.39 Å². The molecule has 1 aromatic carbocycles. The summed E-state index contributed by atoms with van der Waals surface area (Å²) in [6.07, 6.45) is 3.89. The fourth-order valence-corrected chi connectivity index (χ4v) is 1.73. The van der Waals surface area contributed by atoms with Gasteiger partial charge in [-0.2, -0.15) is 0 Å². The van der Waals surface area contributed by atoms with Crippen LogP contribution in [0.1, 0.15) is 17.5 Å². The summed E-state index contributed by atoms with van der Waals surface area (Å²) >= 11 is 0. The van der Waals surface area contributed by atoms with Crippen molar-refractivity contribution in [2.45, 2.75) is 12.8 Å². The Bertz CT molecular complexity index is 355. The third kappa shape index (κ3) is 1.63. The minimum atomic E-state index is -0.152. The predicted molar refractivity (Wildman–Crippen MR) is 51.8 cm³/mol. The second-order valence-electron chi connectivity index (χ2n) is 3.36. The summed E-state index contributed by atoms with van der Waals surface area (Å²) < 4.78 is 12.8. The third-order valence-electron chi connectivity index (χ3n) is 2.35. The van der Waals surface area contributed by atoms with Crippen LogP contribution in [0.25, 0.3) is 6.08 Å². The average molecular weight is 177 g/mol. The Kier molecular flexibility index (Phi) is 2.15. The topological polar surface area (TPSA) is 26.0 Å². The zero-order valence-corrected chi connectivity index (χ0v) is 7.39. The van der Waals surface area contributed by atoms with Gasteiger partial charge in [0.2, 0.25) is 0 Å². The summed E-state index contributed by atoms with van der Waals surface area (Å²) in [5.41, 5.74) is 9.00. The Balaban J connectivity index is 2.25. The molecule has 2 N–H and O–H groups in total. The number of halogens is 1. The number of benzene rings is 1. The van der Waals surface area contributed by atoms with Crippen molar-refractivity contribution in [2.75, 3.05) is 6.54 Å². The molecular formula is C11H12FN. The minimum absolute atomic E-state index is 0.152. The van der Waals surface area contributed by atoms with Gasteiger partial charge in [-0.25, -0.2) is 4.39 Å². The molecule has 0 unspecified atom stereocenters. The molecule has 1 aromatic rings. The first-order valence-corrected chi connectivity index (χ1v) is 4.47. The van der Waals surface area contributed by atoms with Crippen LogP contribution in [-0.4, -0.2) is 6.54 Å². The first kappa shape index (κ1) is 8.45. The molecule has 68 valence electrons. The zero-order valence-electron chi connectivity index (χ0n) is 7.39. The second-order valence-corrected chi connectivity index (χ2v) is 3.36. The van der Waals surface area contributed by atoms with E-state index in [1.165, 1.54) is 11.6 Å². The number of nitrogens with two attached hydrogens (primary N) is 1. The summed E-state index contributed by atoms with van der Waals surface area (Å²) in [6, 6.07) is 4.93. The molecule has 1 aliphatic rings. The maximum absolute atomic E-state index is 12.8. The lowest BCUT2D eigenvalue weighted by Gasteiger charge is -1.98. The van der Waals surface area contributed by atoms with Crippen LogP contribution in [0, 0.1) is 5.82 Å². The number of hydrogen-bond donors (Lipinski definition) is 1. The van der Waals surface area contributed by atoms with Gasteiger partial charge in [0.15, 0.2) is 0 Å². The fourth-order valence-electron chi connectivity index (χ4n) is 1.73. The monoisotopic (exact) mass is 177 g/mol. The van der Waals surface area contributed by atoms with Gasteiger partial charge in [0, 0.05) is 0 Å². The van der Waals surface area contributed by atoms with Gasteiger partial charge in [0.1, 0.15) is 5.82 Å². The Hall–Kier alpha value is -1.15. The van der Waals surface area contributed by atoms with Crippen molar-refractivity contribution in [1.29, 1.82) is 0 Å². The second kappa shape index (κ2) is 3.30. The van der Waals surface area contributed by atoms with Gasteiger partial charge in [-0.05, 0) is 42.6 Å². The molecule has 0 saturated carbocycles. The lowest BCUT2D eigenvalue weighted by molar-refractivity contribution is 0.626. The molecule has 0 aliphatic heterocycles. The van der Waals surface area contributed by atoms with E-state index in [0.717, 1.165) is 24.0 Å². The lowest BCUT2D eigenvalue weighted by Crippen LogP contribution is -2.00. The molecule has 0 amide bonds. The van der Waals surface area contributed by atoms with Crippen LogP contribution in [0.3, 0.4) is 0 Å². The zero-order chi connectivity index (χ0) is 9.26. The standard InChI is InChI=1S/C11H12FN/c12-11-2-1-9-5-8(3-4-13)6-10(9)7-11/h1-2,5,7H,3-4,6,13H2. The smallest absolute Gasteiger partial charge is 0.123 e. The quantitative estimate of drug-likeness (QED) is 0.735. The van der Waals surface area contributed by atoms with Crippen LogP contribution in [0.5, 0.6) is 0 Å². The molecule has 2 heteroatoms. The Morgan fingerprint density at radius 2 is 2.23 bits per heavy atom. The molecular weight excluding hydrogens is 165 g/mol. The highest BCUT2D eigenvalue weighted by molar-refractivity contribution is 5.63. The van der Waals surface area contributed by atoms with Gasteiger partial charge in [-0.3, -0.25) is 0 Å². The van der Waals surface area contributed by atoms with Crippen LogP contribution >= 0.6 is 0 Å². The largest absolute Gasteiger partial charge is 0.330 e. The van der Waals surface area contributed by atoms with E-state index in [2.05, 4.69) is 6.08 Å². The fraction of sp³-hybridized carbons (Fsp3) is 0.273. The van der Waals surface area contributed by atoms with Gasteiger partial charge in [-0.1, -0.05) is 17.7 Å². The van der Waals surface area contributed by atoms with Gasteiger partial charge in [0.05, 0.1) is 0 Å². The van der Waals surface area contributed by atoms with E-state index in [4.69, 9.17) is 5.73 Å². The SMILES string of the molecule is NCCC1=Cc2ccc(F)cc2C1. The van der Waals surface area contributed by atoms with Crippen molar-refractivity contribution >= 4 is 6.08 Å². The van der Waals surface area contributed by atoms with Crippen molar-refractivity contribution in [3.8, 4) is 0 Å². The van der Waals surface area contributed by atoms with Gasteiger partial charge in [-0.15, -0.1) is 0 Å².